The Balaban J connectivity index is 1.86. The van der Waals surface area contributed by atoms with Crippen LogP contribution in [-0.4, -0.2) is 39.6 Å². The number of thiazole rings is 1. The van der Waals surface area contributed by atoms with E-state index in [1.165, 1.54) is 11.3 Å². The summed E-state index contributed by atoms with van der Waals surface area (Å²) in [7, 11) is -3.64. The van der Waals surface area contributed by atoms with Gasteiger partial charge in [0.1, 0.15) is 0 Å². The van der Waals surface area contributed by atoms with Crippen molar-refractivity contribution in [2.45, 2.75) is 11.1 Å². The Morgan fingerprint density at radius 1 is 1.39 bits per heavy atom. The average Bonchev–Trinajstić information content (AvgIpc) is 2.86. The lowest BCUT2D eigenvalue weighted by Crippen LogP contribution is -2.25. The second-order valence-electron chi connectivity index (χ2n) is 5.00. The van der Waals surface area contributed by atoms with Gasteiger partial charge in [0, 0.05) is 26.2 Å². The third kappa shape index (κ3) is 2.03. The Kier molecular flexibility index (Phi) is 2.85. The van der Waals surface area contributed by atoms with Gasteiger partial charge in [0.2, 0.25) is 10.0 Å². The summed E-state index contributed by atoms with van der Waals surface area (Å²) in [5.74, 6) is 1.32. The van der Waals surface area contributed by atoms with Gasteiger partial charge in [0.15, 0.2) is 9.34 Å². The van der Waals surface area contributed by atoms with Crippen LogP contribution in [0.1, 0.15) is 5.69 Å². The zero-order valence-electron chi connectivity index (χ0n) is 10.1. The predicted molar refractivity (Wildman–Crippen MR) is 70.3 cm³/mol. The first-order valence-corrected chi connectivity index (χ1v) is 8.27. The van der Waals surface area contributed by atoms with Crippen molar-refractivity contribution in [3.8, 4) is 0 Å². The fourth-order valence-electron chi connectivity index (χ4n) is 2.78. The first-order chi connectivity index (χ1) is 8.45. The Bertz CT molecular complexity index is 556. The van der Waals surface area contributed by atoms with E-state index in [-0.39, 0.29) is 4.21 Å². The molecule has 6 nitrogen and oxygen atoms in total. The standard InChI is InChI=1S/C10H16N4O2S2/c1-6-9(18(11,15)16)17-10(13-6)14-4-7-2-12-3-8(7)5-14/h7-8,12H,2-5H2,1H3,(H2,11,15,16). The lowest BCUT2D eigenvalue weighted by atomic mass is 10.0. The SMILES string of the molecule is Cc1nc(N2CC3CNCC3C2)sc1S(N)(=O)=O. The first-order valence-electron chi connectivity index (χ1n) is 5.91. The van der Waals surface area contributed by atoms with Crippen LogP contribution in [0.3, 0.4) is 0 Å². The number of hydrogen-bond donors (Lipinski definition) is 2. The lowest BCUT2D eigenvalue weighted by Gasteiger charge is -2.15. The topological polar surface area (TPSA) is 88.3 Å². The maximum atomic E-state index is 11.4. The van der Waals surface area contributed by atoms with Crippen LogP contribution in [0.2, 0.25) is 0 Å². The number of nitrogens with one attached hydrogen (secondary N) is 1. The number of rotatable bonds is 2. The molecule has 3 heterocycles. The molecule has 2 atom stereocenters. The van der Waals surface area contributed by atoms with Gasteiger partial charge in [-0.1, -0.05) is 11.3 Å². The van der Waals surface area contributed by atoms with Crippen LogP contribution in [0.4, 0.5) is 5.13 Å². The summed E-state index contributed by atoms with van der Waals surface area (Å²) in [6.07, 6.45) is 0. The molecule has 2 aliphatic heterocycles. The minimum Gasteiger partial charge on any atom is -0.347 e. The van der Waals surface area contributed by atoms with Crippen molar-refractivity contribution in [1.29, 1.82) is 0 Å². The Morgan fingerprint density at radius 2 is 2.00 bits per heavy atom. The second kappa shape index (κ2) is 4.16. The van der Waals surface area contributed by atoms with Crippen molar-refractivity contribution < 1.29 is 8.42 Å². The van der Waals surface area contributed by atoms with Gasteiger partial charge in [-0.05, 0) is 18.8 Å². The van der Waals surface area contributed by atoms with Crippen molar-refractivity contribution in [3.05, 3.63) is 5.69 Å². The maximum Gasteiger partial charge on any atom is 0.249 e. The van der Waals surface area contributed by atoms with E-state index in [1.807, 2.05) is 0 Å². The molecule has 0 saturated carbocycles. The number of fused-ring (bicyclic) bond motifs is 1. The average molecular weight is 288 g/mol. The highest BCUT2D eigenvalue weighted by molar-refractivity contribution is 7.91. The van der Waals surface area contributed by atoms with Crippen molar-refractivity contribution >= 4 is 26.5 Å². The minimum atomic E-state index is -3.64. The molecule has 18 heavy (non-hydrogen) atoms. The van der Waals surface area contributed by atoms with E-state index in [4.69, 9.17) is 5.14 Å². The number of nitrogens with two attached hydrogens (primary N) is 1. The summed E-state index contributed by atoms with van der Waals surface area (Å²) >= 11 is 1.18. The van der Waals surface area contributed by atoms with Crippen LogP contribution >= 0.6 is 11.3 Å². The lowest BCUT2D eigenvalue weighted by molar-refractivity contribution is 0.533. The molecule has 0 aliphatic carbocycles. The van der Waals surface area contributed by atoms with E-state index in [2.05, 4.69) is 15.2 Å². The number of primary sulfonamides is 1. The molecule has 2 saturated heterocycles. The van der Waals surface area contributed by atoms with Crippen molar-refractivity contribution in [1.82, 2.24) is 10.3 Å². The smallest absolute Gasteiger partial charge is 0.249 e. The van der Waals surface area contributed by atoms with Gasteiger partial charge in [-0.15, -0.1) is 0 Å². The largest absolute Gasteiger partial charge is 0.347 e. The summed E-state index contributed by atoms with van der Waals surface area (Å²) in [5, 5.41) is 9.34. The molecule has 3 rings (SSSR count). The number of aromatic nitrogens is 1. The van der Waals surface area contributed by atoms with Crippen molar-refractivity contribution in [2.75, 3.05) is 31.1 Å². The van der Waals surface area contributed by atoms with Crippen LogP contribution in [0.5, 0.6) is 0 Å². The molecule has 2 aliphatic rings. The number of anilines is 1. The van der Waals surface area contributed by atoms with Crippen LogP contribution in [-0.2, 0) is 10.0 Å². The quantitative estimate of drug-likeness (QED) is 0.784. The monoisotopic (exact) mass is 288 g/mol. The molecule has 1 aromatic heterocycles. The van der Waals surface area contributed by atoms with Gasteiger partial charge in [-0.3, -0.25) is 0 Å². The fourth-order valence-corrected chi connectivity index (χ4v) is 4.75. The summed E-state index contributed by atoms with van der Waals surface area (Å²) in [4.78, 5) is 6.53. The minimum absolute atomic E-state index is 0.188. The van der Waals surface area contributed by atoms with Crippen molar-refractivity contribution in [2.24, 2.45) is 17.0 Å². The second-order valence-corrected chi connectivity index (χ2v) is 7.73. The zero-order chi connectivity index (χ0) is 12.9. The molecule has 0 bridgehead atoms. The zero-order valence-corrected chi connectivity index (χ0v) is 11.7. The van der Waals surface area contributed by atoms with Crippen LogP contribution in [0.25, 0.3) is 0 Å². The number of hydrogen-bond acceptors (Lipinski definition) is 6. The van der Waals surface area contributed by atoms with Crippen LogP contribution in [0.15, 0.2) is 4.21 Å². The maximum absolute atomic E-state index is 11.4. The molecule has 100 valence electrons. The predicted octanol–water partition coefficient (Wildman–Crippen LogP) is -0.245. The van der Waals surface area contributed by atoms with Gasteiger partial charge in [0.05, 0.1) is 5.69 Å². The van der Waals surface area contributed by atoms with Gasteiger partial charge >= 0.3 is 0 Å². The van der Waals surface area contributed by atoms with Gasteiger partial charge < -0.3 is 10.2 Å². The molecule has 0 aromatic carbocycles. The molecular formula is C10H16N4O2S2. The van der Waals surface area contributed by atoms with Gasteiger partial charge in [-0.2, -0.15) is 0 Å². The van der Waals surface area contributed by atoms with E-state index in [0.717, 1.165) is 31.3 Å². The molecule has 8 heteroatoms. The summed E-state index contributed by atoms with van der Waals surface area (Å²) in [6.45, 7) is 5.70. The highest BCUT2D eigenvalue weighted by Gasteiger charge is 2.37. The van der Waals surface area contributed by atoms with Crippen LogP contribution in [0, 0.1) is 18.8 Å². The molecule has 3 N–H and O–H groups in total. The van der Waals surface area contributed by atoms with E-state index in [0.29, 0.717) is 17.5 Å². The van der Waals surface area contributed by atoms with Gasteiger partial charge in [-0.25, -0.2) is 18.5 Å². The number of aryl methyl sites for hydroxylation is 1. The number of nitrogens with zero attached hydrogens (tertiary/aromatic N) is 2. The van der Waals surface area contributed by atoms with E-state index >= 15 is 0 Å². The van der Waals surface area contributed by atoms with E-state index < -0.39 is 10.0 Å². The third-order valence-electron chi connectivity index (χ3n) is 3.66. The Labute approximate surface area is 110 Å². The highest BCUT2D eigenvalue weighted by Crippen LogP contribution is 2.35. The Hall–Kier alpha value is -0.700. The first kappa shape index (κ1) is 12.3. The summed E-state index contributed by atoms with van der Waals surface area (Å²) < 4.78 is 23.0. The fraction of sp³-hybridized carbons (Fsp3) is 0.700. The molecule has 0 radical (unpaired) electrons. The number of sulfonamides is 1. The van der Waals surface area contributed by atoms with E-state index in [9.17, 15) is 8.42 Å². The summed E-state index contributed by atoms with van der Waals surface area (Å²) in [5.41, 5.74) is 0.507. The van der Waals surface area contributed by atoms with E-state index in [1.54, 1.807) is 6.92 Å². The molecule has 2 fully saturated rings. The normalized spacial score (nSPS) is 27.8. The third-order valence-corrected chi connectivity index (χ3v) is 6.43. The van der Waals surface area contributed by atoms with Crippen molar-refractivity contribution in [3.63, 3.8) is 0 Å². The molecule has 0 spiro atoms. The molecule has 1 aromatic rings. The highest BCUT2D eigenvalue weighted by atomic mass is 32.2. The molecule has 0 amide bonds. The molecular weight excluding hydrogens is 272 g/mol. The Morgan fingerprint density at radius 3 is 2.50 bits per heavy atom. The molecule has 2 unspecified atom stereocenters. The van der Waals surface area contributed by atoms with Crippen LogP contribution < -0.4 is 15.4 Å². The van der Waals surface area contributed by atoms with Gasteiger partial charge in [0.25, 0.3) is 0 Å². The summed E-state index contributed by atoms with van der Waals surface area (Å²) in [6, 6.07) is 0.